The molecule has 0 aromatic heterocycles. The first-order chi connectivity index (χ1) is 8.63. The average Bonchev–Trinajstić information content (AvgIpc) is 2.36. The van der Waals surface area contributed by atoms with E-state index >= 15 is 0 Å². The third-order valence-electron chi connectivity index (χ3n) is 3.27. The number of piperidine rings is 1. The van der Waals surface area contributed by atoms with Crippen LogP contribution in [0, 0.1) is 17.2 Å². The smallest absolute Gasteiger partial charge is 0.224 e. The Balaban J connectivity index is 2.27. The van der Waals surface area contributed by atoms with Gasteiger partial charge in [-0.15, -0.1) is 0 Å². The normalized spacial score (nSPS) is 20.7. The van der Waals surface area contributed by atoms with Gasteiger partial charge in [0.05, 0.1) is 12.0 Å². The van der Waals surface area contributed by atoms with Gasteiger partial charge in [0, 0.05) is 32.6 Å². The highest BCUT2D eigenvalue weighted by molar-refractivity contribution is 5.78. The van der Waals surface area contributed by atoms with E-state index in [0.717, 1.165) is 39.0 Å². The number of rotatable bonds is 6. The van der Waals surface area contributed by atoms with Crippen LogP contribution in [-0.2, 0) is 4.79 Å². The van der Waals surface area contributed by atoms with E-state index in [1.54, 1.807) is 0 Å². The molecule has 0 saturated carbocycles. The molecule has 5 heteroatoms. The zero-order valence-electron chi connectivity index (χ0n) is 11.5. The lowest BCUT2D eigenvalue weighted by molar-refractivity contribution is -0.126. The number of carbonyl (C=O) groups excluding carboxylic acids is 1. The van der Waals surface area contributed by atoms with Crippen LogP contribution < -0.4 is 5.32 Å². The van der Waals surface area contributed by atoms with Gasteiger partial charge in [0.15, 0.2) is 0 Å². The first kappa shape index (κ1) is 14.9. The number of likely N-dealkylation sites (N-methyl/N-ethyl adjacent to an activating group) is 1. The molecule has 0 bridgehead atoms. The molecule has 102 valence electrons. The van der Waals surface area contributed by atoms with Crippen LogP contribution in [0.3, 0.4) is 0 Å². The summed E-state index contributed by atoms with van der Waals surface area (Å²) in [7, 11) is 3.99. The van der Waals surface area contributed by atoms with Gasteiger partial charge < -0.3 is 15.1 Å². The maximum absolute atomic E-state index is 12.0. The van der Waals surface area contributed by atoms with E-state index in [2.05, 4.69) is 21.2 Å². The van der Waals surface area contributed by atoms with Crippen molar-refractivity contribution in [2.45, 2.75) is 19.3 Å². The summed E-state index contributed by atoms with van der Waals surface area (Å²) in [5.41, 5.74) is 0. The molecule has 18 heavy (non-hydrogen) atoms. The molecule has 0 aromatic rings. The summed E-state index contributed by atoms with van der Waals surface area (Å²) in [5, 5.41) is 11.6. The number of amides is 1. The first-order valence-electron chi connectivity index (χ1n) is 6.65. The maximum atomic E-state index is 12.0. The second-order valence-electron chi connectivity index (χ2n) is 5.14. The van der Waals surface area contributed by atoms with Gasteiger partial charge in [-0.05, 0) is 33.5 Å². The molecule has 1 saturated heterocycles. The molecule has 0 aromatic carbocycles. The molecule has 1 N–H and O–H groups in total. The summed E-state index contributed by atoms with van der Waals surface area (Å²) in [6, 6.07) is 2.16. The molecule has 0 radical (unpaired) electrons. The minimum atomic E-state index is 0.0969. The maximum Gasteiger partial charge on any atom is 0.224 e. The minimum Gasteiger partial charge on any atom is -0.355 e. The Kier molecular flexibility index (Phi) is 6.69. The number of hydrogen-bond donors (Lipinski definition) is 1. The number of hydrogen-bond acceptors (Lipinski definition) is 4. The van der Waals surface area contributed by atoms with Crippen molar-refractivity contribution >= 4 is 5.91 Å². The van der Waals surface area contributed by atoms with Crippen molar-refractivity contribution in [2.75, 3.05) is 46.8 Å². The number of nitriles is 1. The van der Waals surface area contributed by atoms with Crippen LogP contribution in [0.15, 0.2) is 0 Å². The van der Waals surface area contributed by atoms with Gasteiger partial charge in [-0.1, -0.05) is 0 Å². The summed E-state index contributed by atoms with van der Waals surface area (Å²) in [5.74, 6) is 0.262. The van der Waals surface area contributed by atoms with Crippen LogP contribution in [-0.4, -0.2) is 62.5 Å². The summed E-state index contributed by atoms with van der Waals surface area (Å²) in [6.45, 7) is 4.19. The highest BCUT2D eigenvalue weighted by Crippen LogP contribution is 2.16. The Morgan fingerprint density at radius 2 is 2.33 bits per heavy atom. The zero-order valence-corrected chi connectivity index (χ0v) is 11.5. The molecule has 1 aliphatic rings. The number of nitrogens with one attached hydrogen (secondary N) is 1. The zero-order chi connectivity index (χ0) is 13.4. The fourth-order valence-corrected chi connectivity index (χ4v) is 2.23. The van der Waals surface area contributed by atoms with Gasteiger partial charge in [0.2, 0.25) is 5.91 Å². The van der Waals surface area contributed by atoms with Crippen LogP contribution in [0.5, 0.6) is 0 Å². The predicted molar refractivity (Wildman–Crippen MR) is 71.0 cm³/mol. The average molecular weight is 252 g/mol. The van der Waals surface area contributed by atoms with Gasteiger partial charge in [-0.3, -0.25) is 4.79 Å². The fourth-order valence-electron chi connectivity index (χ4n) is 2.23. The lowest BCUT2D eigenvalue weighted by Crippen LogP contribution is -2.44. The molecule has 1 rings (SSSR count). The molecule has 1 amide bonds. The molecule has 0 spiro atoms. The van der Waals surface area contributed by atoms with Gasteiger partial charge in [0.1, 0.15) is 0 Å². The summed E-state index contributed by atoms with van der Waals surface area (Å²) < 4.78 is 0. The topological polar surface area (TPSA) is 59.4 Å². The van der Waals surface area contributed by atoms with Crippen LogP contribution >= 0.6 is 0 Å². The van der Waals surface area contributed by atoms with Crippen molar-refractivity contribution in [2.24, 2.45) is 5.92 Å². The van der Waals surface area contributed by atoms with E-state index < -0.39 is 0 Å². The fraction of sp³-hybridized carbons (Fsp3) is 0.846. The van der Waals surface area contributed by atoms with Gasteiger partial charge in [-0.25, -0.2) is 0 Å². The van der Waals surface area contributed by atoms with E-state index in [4.69, 9.17) is 5.26 Å². The van der Waals surface area contributed by atoms with Gasteiger partial charge in [-0.2, -0.15) is 5.26 Å². The number of nitrogens with zero attached hydrogens (tertiary/aromatic N) is 3. The highest BCUT2D eigenvalue weighted by atomic mass is 16.1. The minimum absolute atomic E-state index is 0.0969. The second kappa shape index (κ2) is 8.06. The Hall–Kier alpha value is -1.12. The van der Waals surface area contributed by atoms with E-state index in [1.807, 2.05) is 14.1 Å². The highest BCUT2D eigenvalue weighted by Gasteiger charge is 2.25. The summed E-state index contributed by atoms with van der Waals surface area (Å²) >= 11 is 0. The largest absolute Gasteiger partial charge is 0.355 e. The lowest BCUT2D eigenvalue weighted by atomic mass is 9.97. The standard InChI is InChI=1S/C13H24N4O/c1-16(2)10-7-15-13(18)12-5-3-8-17(11-12)9-4-6-14/h12H,3-5,7-11H2,1-2H3,(H,15,18). The van der Waals surface area contributed by atoms with Crippen LogP contribution in [0.2, 0.25) is 0 Å². The summed E-state index contributed by atoms with van der Waals surface area (Å²) in [6.07, 6.45) is 2.57. The van der Waals surface area contributed by atoms with Gasteiger partial charge >= 0.3 is 0 Å². The van der Waals surface area contributed by atoms with Crippen LogP contribution in [0.25, 0.3) is 0 Å². The van der Waals surface area contributed by atoms with Crippen molar-refractivity contribution in [1.29, 1.82) is 5.26 Å². The predicted octanol–water partition coefficient (Wildman–Crippen LogP) is 0.290. The quantitative estimate of drug-likeness (QED) is 0.738. The van der Waals surface area contributed by atoms with Crippen molar-refractivity contribution in [3.8, 4) is 6.07 Å². The Morgan fingerprint density at radius 3 is 3.00 bits per heavy atom. The van der Waals surface area contributed by atoms with Crippen molar-refractivity contribution < 1.29 is 4.79 Å². The number of carbonyl (C=O) groups is 1. The van der Waals surface area contributed by atoms with Crippen LogP contribution in [0.4, 0.5) is 0 Å². The van der Waals surface area contributed by atoms with E-state index in [9.17, 15) is 4.79 Å². The van der Waals surface area contributed by atoms with Crippen molar-refractivity contribution in [1.82, 2.24) is 15.1 Å². The molecule has 1 fully saturated rings. The van der Waals surface area contributed by atoms with Crippen molar-refractivity contribution in [3.63, 3.8) is 0 Å². The molecule has 1 atom stereocenters. The van der Waals surface area contributed by atoms with Gasteiger partial charge in [0.25, 0.3) is 0 Å². The second-order valence-corrected chi connectivity index (χ2v) is 5.14. The van der Waals surface area contributed by atoms with E-state index in [0.29, 0.717) is 13.0 Å². The number of likely N-dealkylation sites (tertiary alicyclic amines) is 1. The Morgan fingerprint density at radius 1 is 1.56 bits per heavy atom. The Bertz CT molecular complexity index is 298. The molecule has 5 nitrogen and oxygen atoms in total. The Labute approximate surface area is 110 Å². The monoisotopic (exact) mass is 252 g/mol. The third-order valence-corrected chi connectivity index (χ3v) is 3.27. The van der Waals surface area contributed by atoms with Crippen molar-refractivity contribution in [3.05, 3.63) is 0 Å². The summed E-state index contributed by atoms with van der Waals surface area (Å²) in [4.78, 5) is 16.3. The SMILES string of the molecule is CN(C)CCNC(=O)C1CCCN(CCC#N)C1. The third kappa shape index (κ3) is 5.48. The molecule has 1 heterocycles. The lowest BCUT2D eigenvalue weighted by Gasteiger charge is -2.31. The molecule has 1 aliphatic heterocycles. The molecule has 0 aliphatic carbocycles. The first-order valence-corrected chi connectivity index (χ1v) is 6.65. The molecular formula is C13H24N4O. The van der Waals surface area contributed by atoms with E-state index in [1.165, 1.54) is 0 Å². The molecule has 1 unspecified atom stereocenters. The van der Waals surface area contributed by atoms with Crippen LogP contribution in [0.1, 0.15) is 19.3 Å². The van der Waals surface area contributed by atoms with E-state index in [-0.39, 0.29) is 11.8 Å². The molecular weight excluding hydrogens is 228 g/mol.